The first-order valence-corrected chi connectivity index (χ1v) is 3.34. The van der Waals surface area contributed by atoms with Crippen molar-refractivity contribution in [1.82, 2.24) is 15.2 Å². The lowest BCUT2D eigenvalue weighted by Crippen LogP contribution is -1.85. The summed E-state index contributed by atoms with van der Waals surface area (Å²) < 4.78 is 24.3. The van der Waals surface area contributed by atoms with Crippen LogP contribution < -0.4 is 0 Å². The van der Waals surface area contributed by atoms with E-state index in [4.69, 9.17) is 0 Å². The third kappa shape index (κ3) is 1.03. The Bertz CT molecular complexity index is 396. The van der Waals surface area contributed by atoms with Crippen LogP contribution >= 0.6 is 0 Å². The molecule has 2 aromatic heterocycles. The second-order valence-electron chi connectivity index (χ2n) is 2.38. The van der Waals surface area contributed by atoms with Crippen LogP contribution in [0.5, 0.6) is 0 Å². The van der Waals surface area contributed by atoms with E-state index in [0.29, 0.717) is 11.0 Å². The van der Waals surface area contributed by atoms with E-state index in [1.807, 2.05) is 0 Å². The van der Waals surface area contributed by atoms with Gasteiger partial charge < -0.3 is 0 Å². The first-order chi connectivity index (χ1) is 5.77. The number of hydrogen-bond donors (Lipinski definition) is 1. The van der Waals surface area contributed by atoms with E-state index in [1.54, 1.807) is 0 Å². The zero-order valence-electron chi connectivity index (χ0n) is 5.96. The van der Waals surface area contributed by atoms with Gasteiger partial charge in [0.25, 0.3) is 6.43 Å². The van der Waals surface area contributed by atoms with Crippen LogP contribution in [-0.2, 0) is 0 Å². The second kappa shape index (κ2) is 2.51. The van der Waals surface area contributed by atoms with Gasteiger partial charge in [0, 0.05) is 17.1 Å². The summed E-state index contributed by atoms with van der Waals surface area (Å²) in [5, 5.41) is 6.85. The minimum absolute atomic E-state index is 0.0797. The van der Waals surface area contributed by atoms with Crippen molar-refractivity contribution in [2.75, 3.05) is 0 Å². The van der Waals surface area contributed by atoms with Gasteiger partial charge in [-0.05, 0) is 6.07 Å². The van der Waals surface area contributed by atoms with E-state index in [0.717, 1.165) is 6.20 Å². The summed E-state index contributed by atoms with van der Waals surface area (Å²) in [5.74, 6) is 0. The Morgan fingerprint density at radius 1 is 1.33 bits per heavy atom. The molecule has 0 fully saturated rings. The molecule has 0 atom stereocenters. The van der Waals surface area contributed by atoms with Gasteiger partial charge in [-0.25, -0.2) is 13.8 Å². The van der Waals surface area contributed by atoms with Crippen LogP contribution in [-0.4, -0.2) is 15.2 Å². The first kappa shape index (κ1) is 7.15. The van der Waals surface area contributed by atoms with Crippen LogP contribution in [0.25, 0.3) is 11.0 Å². The standard InChI is InChI=1S/C7H5F2N3/c8-6(9)4-1-5-3-11-12-7(5)10-2-4/h1-3,6H,(H,10,11,12). The van der Waals surface area contributed by atoms with E-state index in [9.17, 15) is 8.78 Å². The average Bonchev–Trinajstić information content (AvgIpc) is 2.49. The highest BCUT2D eigenvalue weighted by molar-refractivity contribution is 5.74. The normalized spacial score (nSPS) is 11.2. The van der Waals surface area contributed by atoms with Crippen molar-refractivity contribution in [3.8, 4) is 0 Å². The van der Waals surface area contributed by atoms with Crippen molar-refractivity contribution in [1.29, 1.82) is 0 Å². The molecule has 1 N–H and O–H groups in total. The molecule has 62 valence electrons. The largest absolute Gasteiger partial charge is 0.265 e. The topological polar surface area (TPSA) is 41.6 Å². The van der Waals surface area contributed by atoms with Crippen molar-refractivity contribution in [3.63, 3.8) is 0 Å². The maximum Gasteiger partial charge on any atom is 0.265 e. The fourth-order valence-corrected chi connectivity index (χ4v) is 0.973. The number of halogens is 2. The maximum absolute atomic E-state index is 12.1. The molecule has 12 heavy (non-hydrogen) atoms. The molecule has 0 aromatic carbocycles. The van der Waals surface area contributed by atoms with Gasteiger partial charge in [-0.3, -0.25) is 5.10 Å². The Morgan fingerprint density at radius 2 is 2.17 bits per heavy atom. The summed E-state index contributed by atoms with van der Waals surface area (Å²) in [5.41, 5.74) is 0.448. The van der Waals surface area contributed by atoms with Gasteiger partial charge in [-0.1, -0.05) is 0 Å². The molecule has 0 amide bonds. The van der Waals surface area contributed by atoms with Gasteiger partial charge in [0.15, 0.2) is 5.65 Å². The van der Waals surface area contributed by atoms with E-state index in [-0.39, 0.29) is 5.56 Å². The SMILES string of the molecule is FC(F)c1cnc2[nH]ncc2c1. The van der Waals surface area contributed by atoms with Crippen LogP contribution in [0.1, 0.15) is 12.0 Å². The minimum atomic E-state index is -2.48. The fourth-order valence-electron chi connectivity index (χ4n) is 0.973. The molecule has 0 spiro atoms. The van der Waals surface area contributed by atoms with Crippen molar-refractivity contribution in [3.05, 3.63) is 24.0 Å². The molecular weight excluding hydrogens is 164 g/mol. The zero-order valence-corrected chi connectivity index (χ0v) is 5.96. The molecule has 3 nitrogen and oxygen atoms in total. The van der Waals surface area contributed by atoms with E-state index >= 15 is 0 Å². The maximum atomic E-state index is 12.1. The quantitative estimate of drug-likeness (QED) is 0.708. The number of aromatic amines is 1. The summed E-state index contributed by atoms with van der Waals surface area (Å²) in [6, 6.07) is 1.37. The number of fused-ring (bicyclic) bond motifs is 1. The number of nitrogens with one attached hydrogen (secondary N) is 1. The predicted octanol–water partition coefficient (Wildman–Crippen LogP) is 1.90. The highest BCUT2D eigenvalue weighted by atomic mass is 19.3. The molecule has 0 radical (unpaired) electrons. The van der Waals surface area contributed by atoms with Crippen LogP contribution in [0.15, 0.2) is 18.5 Å². The van der Waals surface area contributed by atoms with E-state index in [2.05, 4.69) is 15.2 Å². The molecular formula is C7H5F2N3. The Balaban J connectivity index is 2.60. The lowest BCUT2D eigenvalue weighted by molar-refractivity contribution is 0.151. The Labute approximate surface area is 66.4 Å². The summed E-state index contributed by atoms with van der Waals surface area (Å²) in [6.07, 6.45) is 0.135. The predicted molar refractivity (Wildman–Crippen MR) is 38.8 cm³/mol. The number of alkyl halides is 2. The summed E-state index contributed by atoms with van der Waals surface area (Å²) >= 11 is 0. The number of pyridine rings is 1. The summed E-state index contributed by atoms with van der Waals surface area (Å²) in [7, 11) is 0. The summed E-state index contributed by atoms with van der Waals surface area (Å²) in [4.78, 5) is 3.76. The van der Waals surface area contributed by atoms with Crippen LogP contribution in [0.2, 0.25) is 0 Å². The highest BCUT2D eigenvalue weighted by Crippen LogP contribution is 2.20. The second-order valence-corrected chi connectivity index (χ2v) is 2.38. The van der Waals surface area contributed by atoms with Gasteiger partial charge in [-0.2, -0.15) is 5.10 Å². The minimum Gasteiger partial charge on any atom is -0.261 e. The molecule has 0 saturated heterocycles. The Morgan fingerprint density at radius 3 is 2.92 bits per heavy atom. The molecule has 2 heterocycles. The van der Waals surface area contributed by atoms with Crippen molar-refractivity contribution >= 4 is 11.0 Å². The van der Waals surface area contributed by atoms with Gasteiger partial charge >= 0.3 is 0 Å². The van der Waals surface area contributed by atoms with Crippen molar-refractivity contribution in [2.45, 2.75) is 6.43 Å². The number of hydrogen-bond acceptors (Lipinski definition) is 2. The van der Waals surface area contributed by atoms with E-state index in [1.165, 1.54) is 12.3 Å². The lowest BCUT2D eigenvalue weighted by Gasteiger charge is -1.96. The molecule has 0 bridgehead atoms. The smallest absolute Gasteiger partial charge is 0.261 e. The number of aromatic nitrogens is 3. The Hall–Kier alpha value is -1.52. The fraction of sp³-hybridized carbons (Fsp3) is 0.143. The highest BCUT2D eigenvalue weighted by Gasteiger charge is 2.08. The average molecular weight is 169 g/mol. The summed E-state index contributed by atoms with van der Waals surface area (Å²) in [6.45, 7) is 0. The van der Waals surface area contributed by atoms with Crippen LogP contribution in [0.3, 0.4) is 0 Å². The molecule has 2 rings (SSSR count). The van der Waals surface area contributed by atoms with Crippen molar-refractivity contribution in [2.24, 2.45) is 0 Å². The molecule has 2 aromatic rings. The van der Waals surface area contributed by atoms with Gasteiger partial charge in [0.05, 0.1) is 6.20 Å². The number of rotatable bonds is 1. The van der Waals surface area contributed by atoms with Crippen LogP contribution in [0, 0.1) is 0 Å². The zero-order chi connectivity index (χ0) is 8.55. The van der Waals surface area contributed by atoms with Crippen molar-refractivity contribution < 1.29 is 8.78 Å². The monoisotopic (exact) mass is 169 g/mol. The third-order valence-electron chi connectivity index (χ3n) is 1.56. The Kier molecular flexibility index (Phi) is 1.49. The molecule has 0 aliphatic heterocycles. The van der Waals surface area contributed by atoms with E-state index < -0.39 is 6.43 Å². The third-order valence-corrected chi connectivity index (χ3v) is 1.56. The molecule has 0 saturated carbocycles. The molecule has 0 unspecified atom stereocenters. The van der Waals surface area contributed by atoms with Crippen LogP contribution in [0.4, 0.5) is 8.78 Å². The van der Waals surface area contributed by atoms with Gasteiger partial charge in [-0.15, -0.1) is 0 Å². The van der Waals surface area contributed by atoms with Gasteiger partial charge in [0.1, 0.15) is 0 Å². The molecule has 0 aliphatic rings. The number of H-pyrrole nitrogens is 1. The van der Waals surface area contributed by atoms with Gasteiger partial charge in [0.2, 0.25) is 0 Å². The molecule has 5 heteroatoms. The first-order valence-electron chi connectivity index (χ1n) is 3.34. The number of nitrogens with zero attached hydrogens (tertiary/aromatic N) is 2. The molecule has 0 aliphatic carbocycles. The lowest BCUT2D eigenvalue weighted by atomic mass is 10.2.